The second kappa shape index (κ2) is 9.85. The van der Waals surface area contributed by atoms with Crippen LogP contribution in [-0.2, 0) is 0 Å². The van der Waals surface area contributed by atoms with Gasteiger partial charge < -0.3 is 19.1 Å². The third-order valence-corrected chi connectivity index (χ3v) is 7.00. The summed E-state index contributed by atoms with van der Waals surface area (Å²) >= 11 is 0. The Bertz CT molecular complexity index is 1580. The first-order valence-electron chi connectivity index (χ1n) is 12.4. The molecule has 0 radical (unpaired) electrons. The van der Waals surface area contributed by atoms with Crippen molar-refractivity contribution in [3.05, 3.63) is 102 Å². The number of nitro benzene ring substituents is 1. The molecule has 0 aliphatic carbocycles. The van der Waals surface area contributed by atoms with Crippen molar-refractivity contribution in [3.63, 3.8) is 0 Å². The lowest BCUT2D eigenvalue weighted by atomic mass is 10.1. The number of ether oxygens (including phenoxy) is 1. The number of anilines is 2. The van der Waals surface area contributed by atoms with Crippen molar-refractivity contribution in [2.75, 3.05) is 43.1 Å². The molecule has 1 saturated heterocycles. The van der Waals surface area contributed by atoms with Gasteiger partial charge in [-0.05, 0) is 42.0 Å². The van der Waals surface area contributed by atoms with Gasteiger partial charge in [0.15, 0.2) is 5.65 Å². The van der Waals surface area contributed by atoms with Gasteiger partial charge >= 0.3 is 0 Å². The number of hydrogen-bond acceptors (Lipinski definition) is 7. The lowest BCUT2D eigenvalue weighted by Crippen LogP contribution is -2.46. The summed E-state index contributed by atoms with van der Waals surface area (Å²) in [6.07, 6.45) is 3.77. The third kappa shape index (κ3) is 4.28. The Morgan fingerprint density at radius 2 is 1.47 bits per heavy atom. The van der Waals surface area contributed by atoms with Crippen LogP contribution >= 0.6 is 0 Å². The van der Waals surface area contributed by atoms with E-state index < -0.39 is 0 Å². The summed E-state index contributed by atoms with van der Waals surface area (Å²) in [5, 5.41) is 12.0. The Balaban J connectivity index is 1.36. The average Bonchev–Trinajstić information content (AvgIpc) is 3.38. The van der Waals surface area contributed by atoms with E-state index in [1.54, 1.807) is 25.6 Å². The largest absolute Gasteiger partial charge is 0.497 e. The number of hydrogen-bond donors (Lipinski definition) is 0. The van der Waals surface area contributed by atoms with Gasteiger partial charge in [0, 0.05) is 61.4 Å². The number of nitro groups is 1. The highest BCUT2D eigenvalue weighted by Gasteiger charge is 2.24. The van der Waals surface area contributed by atoms with E-state index in [-0.39, 0.29) is 10.6 Å². The zero-order valence-electron chi connectivity index (χ0n) is 20.9. The van der Waals surface area contributed by atoms with Gasteiger partial charge in [0.05, 0.1) is 17.4 Å². The summed E-state index contributed by atoms with van der Waals surface area (Å²) in [5.74, 6) is 1.71. The van der Waals surface area contributed by atoms with E-state index in [2.05, 4.69) is 32.7 Å². The van der Waals surface area contributed by atoms with Crippen molar-refractivity contribution >= 4 is 28.2 Å². The van der Waals surface area contributed by atoms with E-state index in [9.17, 15) is 10.1 Å². The molecular formula is C29H26N6O3. The van der Waals surface area contributed by atoms with Crippen molar-refractivity contribution in [1.82, 2.24) is 14.5 Å². The van der Waals surface area contributed by atoms with E-state index in [0.717, 1.165) is 71.3 Å². The predicted molar refractivity (Wildman–Crippen MR) is 148 cm³/mol. The number of piperazine rings is 1. The molecule has 1 aliphatic heterocycles. The van der Waals surface area contributed by atoms with Crippen molar-refractivity contribution in [2.24, 2.45) is 0 Å². The van der Waals surface area contributed by atoms with Gasteiger partial charge in [-0.2, -0.15) is 0 Å². The normalized spacial score (nSPS) is 13.6. The molecule has 0 bridgehead atoms. The van der Waals surface area contributed by atoms with Crippen LogP contribution in [-0.4, -0.2) is 52.7 Å². The average molecular weight is 507 g/mol. The fourth-order valence-corrected chi connectivity index (χ4v) is 5.02. The van der Waals surface area contributed by atoms with Crippen molar-refractivity contribution in [3.8, 4) is 22.6 Å². The van der Waals surface area contributed by atoms with Crippen molar-refractivity contribution in [1.29, 1.82) is 0 Å². The van der Waals surface area contributed by atoms with Crippen LogP contribution in [0.3, 0.4) is 0 Å². The highest BCUT2D eigenvalue weighted by atomic mass is 16.6. The van der Waals surface area contributed by atoms with Crippen LogP contribution in [0.4, 0.5) is 17.2 Å². The molecule has 2 aromatic heterocycles. The smallest absolute Gasteiger partial charge is 0.269 e. The van der Waals surface area contributed by atoms with E-state index in [1.165, 1.54) is 0 Å². The Hall–Kier alpha value is -4.92. The van der Waals surface area contributed by atoms with Crippen molar-refractivity contribution < 1.29 is 9.66 Å². The van der Waals surface area contributed by atoms with Crippen LogP contribution in [0.25, 0.3) is 27.8 Å². The maximum absolute atomic E-state index is 11.0. The van der Waals surface area contributed by atoms with Gasteiger partial charge in [0.25, 0.3) is 5.69 Å². The van der Waals surface area contributed by atoms with Gasteiger partial charge in [-0.15, -0.1) is 0 Å². The minimum Gasteiger partial charge on any atom is -0.497 e. The van der Waals surface area contributed by atoms with Crippen LogP contribution in [0.1, 0.15) is 0 Å². The zero-order valence-corrected chi connectivity index (χ0v) is 20.9. The summed E-state index contributed by atoms with van der Waals surface area (Å²) in [6.45, 7) is 3.10. The standard InChI is InChI=1S/C29H26N6O3/c1-38-25-13-11-23(12-14-25)34-19-26(21-5-3-2-4-6-21)27-28(30-20-31-29(27)34)33-17-15-32(16-18-33)22-7-9-24(10-8-22)35(36)37/h2-14,19-20H,15-18H2,1H3. The molecule has 9 nitrogen and oxygen atoms in total. The highest BCUT2D eigenvalue weighted by molar-refractivity contribution is 6.02. The summed E-state index contributed by atoms with van der Waals surface area (Å²) in [4.78, 5) is 24.7. The predicted octanol–water partition coefficient (Wildman–Crippen LogP) is 5.33. The quantitative estimate of drug-likeness (QED) is 0.227. The first-order chi connectivity index (χ1) is 18.6. The fraction of sp³-hybridized carbons (Fsp3) is 0.172. The molecule has 3 aromatic carbocycles. The molecule has 0 N–H and O–H groups in total. The van der Waals surface area contributed by atoms with Gasteiger partial charge in [0.2, 0.25) is 0 Å². The maximum Gasteiger partial charge on any atom is 0.269 e. The third-order valence-electron chi connectivity index (χ3n) is 7.00. The number of aromatic nitrogens is 3. The fourth-order valence-electron chi connectivity index (χ4n) is 5.02. The van der Waals surface area contributed by atoms with Crippen LogP contribution in [0.2, 0.25) is 0 Å². The molecule has 1 fully saturated rings. The number of nitrogens with zero attached hydrogens (tertiary/aromatic N) is 6. The summed E-state index contributed by atoms with van der Waals surface area (Å²) in [6, 6.07) is 25.0. The molecule has 1 aliphatic rings. The number of methoxy groups -OCH3 is 1. The molecular weight excluding hydrogens is 480 g/mol. The lowest BCUT2D eigenvalue weighted by Gasteiger charge is -2.37. The minimum absolute atomic E-state index is 0.102. The molecule has 0 saturated carbocycles. The first kappa shape index (κ1) is 23.5. The van der Waals surface area contributed by atoms with Gasteiger partial charge in [-0.1, -0.05) is 30.3 Å². The SMILES string of the molecule is COc1ccc(-n2cc(-c3ccccc3)c3c(N4CCN(c5ccc([N+](=O)[O-])cc5)CC4)ncnc32)cc1. The molecule has 9 heteroatoms. The second-order valence-corrected chi connectivity index (χ2v) is 9.12. The number of benzene rings is 3. The topological polar surface area (TPSA) is 89.6 Å². The van der Waals surface area contributed by atoms with Crippen LogP contribution in [0.15, 0.2) is 91.4 Å². The Kier molecular flexibility index (Phi) is 6.09. The first-order valence-corrected chi connectivity index (χ1v) is 12.4. The van der Waals surface area contributed by atoms with Crippen LogP contribution in [0, 0.1) is 10.1 Å². The Morgan fingerprint density at radius 3 is 2.13 bits per heavy atom. The number of non-ortho nitro benzene ring substituents is 1. The van der Waals surface area contributed by atoms with E-state index in [1.807, 2.05) is 54.6 Å². The van der Waals surface area contributed by atoms with Gasteiger partial charge in [0.1, 0.15) is 17.9 Å². The molecule has 0 amide bonds. The molecule has 0 spiro atoms. The van der Waals surface area contributed by atoms with Crippen molar-refractivity contribution in [2.45, 2.75) is 0 Å². The minimum atomic E-state index is -0.371. The molecule has 3 heterocycles. The molecule has 5 aromatic rings. The summed E-state index contributed by atoms with van der Waals surface area (Å²) in [7, 11) is 1.66. The summed E-state index contributed by atoms with van der Waals surface area (Å²) < 4.78 is 7.45. The molecule has 38 heavy (non-hydrogen) atoms. The van der Waals surface area contributed by atoms with Crippen LogP contribution in [0.5, 0.6) is 5.75 Å². The maximum atomic E-state index is 11.0. The molecule has 0 unspecified atom stereocenters. The molecule has 190 valence electrons. The lowest BCUT2D eigenvalue weighted by molar-refractivity contribution is -0.384. The molecule has 0 atom stereocenters. The van der Waals surface area contributed by atoms with Crippen LogP contribution < -0.4 is 14.5 Å². The number of rotatable bonds is 6. The zero-order chi connectivity index (χ0) is 26.1. The summed E-state index contributed by atoms with van der Waals surface area (Å²) in [5.41, 5.74) is 5.10. The Labute approximate surface area is 219 Å². The monoisotopic (exact) mass is 506 g/mol. The van der Waals surface area contributed by atoms with Gasteiger partial charge in [-0.3, -0.25) is 10.1 Å². The van der Waals surface area contributed by atoms with Gasteiger partial charge in [-0.25, -0.2) is 9.97 Å². The Morgan fingerprint density at radius 1 is 0.816 bits per heavy atom. The van der Waals surface area contributed by atoms with E-state index in [0.29, 0.717) is 0 Å². The number of fused-ring (bicyclic) bond motifs is 1. The molecule has 6 rings (SSSR count). The van der Waals surface area contributed by atoms with E-state index >= 15 is 0 Å². The second-order valence-electron chi connectivity index (χ2n) is 9.12. The van der Waals surface area contributed by atoms with E-state index in [4.69, 9.17) is 14.7 Å². The highest BCUT2D eigenvalue weighted by Crippen LogP contribution is 2.37.